The molecular formula is C28H29F4IN4O2. The van der Waals surface area contributed by atoms with Gasteiger partial charge in [-0.25, -0.2) is 4.79 Å². The van der Waals surface area contributed by atoms with Gasteiger partial charge in [0.2, 0.25) is 0 Å². The molecule has 0 bridgehead atoms. The van der Waals surface area contributed by atoms with Crippen molar-refractivity contribution in [2.45, 2.75) is 43.4 Å². The van der Waals surface area contributed by atoms with Crippen LogP contribution in [0.4, 0.5) is 22.4 Å². The molecule has 11 heteroatoms. The van der Waals surface area contributed by atoms with E-state index in [4.69, 9.17) is 0 Å². The van der Waals surface area contributed by atoms with E-state index in [0.29, 0.717) is 11.3 Å². The Hall–Kier alpha value is -2.93. The van der Waals surface area contributed by atoms with Crippen LogP contribution in [0.15, 0.2) is 72.9 Å². The SMILES string of the molecule is CN1CCC(NC(=O)N[C@@](Cc2ccccc2)(c2cccc(OC(F)(F)C(F)F)c2)c2ccc(I)cn2)CC1. The maximum atomic E-state index is 13.8. The number of nitrogens with zero attached hydrogens (tertiary/aromatic N) is 2. The van der Waals surface area contributed by atoms with Gasteiger partial charge in [0.15, 0.2) is 0 Å². The van der Waals surface area contributed by atoms with E-state index in [0.717, 1.165) is 35.1 Å². The first-order chi connectivity index (χ1) is 18.6. The highest BCUT2D eigenvalue weighted by molar-refractivity contribution is 14.1. The van der Waals surface area contributed by atoms with Crippen LogP contribution in [0.2, 0.25) is 0 Å². The average Bonchev–Trinajstić information content (AvgIpc) is 2.90. The number of benzene rings is 2. The van der Waals surface area contributed by atoms with Gasteiger partial charge in [-0.2, -0.15) is 17.6 Å². The van der Waals surface area contributed by atoms with E-state index in [1.54, 1.807) is 18.3 Å². The first-order valence-electron chi connectivity index (χ1n) is 12.5. The van der Waals surface area contributed by atoms with E-state index in [2.05, 4.69) is 47.8 Å². The minimum Gasteiger partial charge on any atom is -0.428 e. The van der Waals surface area contributed by atoms with Crippen LogP contribution in [-0.4, -0.2) is 54.6 Å². The summed E-state index contributed by atoms with van der Waals surface area (Å²) in [6, 6.07) is 17.9. The molecule has 0 aliphatic carbocycles. The van der Waals surface area contributed by atoms with Crippen molar-refractivity contribution in [2.75, 3.05) is 20.1 Å². The van der Waals surface area contributed by atoms with E-state index < -0.39 is 29.9 Å². The fourth-order valence-electron chi connectivity index (χ4n) is 4.65. The summed E-state index contributed by atoms with van der Waals surface area (Å²) in [6.45, 7) is 1.69. The number of amides is 2. The number of pyridine rings is 1. The summed E-state index contributed by atoms with van der Waals surface area (Å²) in [7, 11) is 2.02. The number of hydrogen-bond acceptors (Lipinski definition) is 4. The van der Waals surface area contributed by atoms with Crippen molar-refractivity contribution in [3.63, 3.8) is 0 Å². The zero-order valence-corrected chi connectivity index (χ0v) is 23.4. The van der Waals surface area contributed by atoms with Crippen LogP contribution in [-0.2, 0) is 12.0 Å². The van der Waals surface area contributed by atoms with Crippen molar-refractivity contribution in [1.29, 1.82) is 0 Å². The Kier molecular flexibility index (Phi) is 9.31. The molecule has 1 aliphatic heterocycles. The lowest BCUT2D eigenvalue weighted by molar-refractivity contribution is -0.253. The van der Waals surface area contributed by atoms with Crippen LogP contribution in [0, 0.1) is 3.57 Å². The second kappa shape index (κ2) is 12.5. The molecule has 2 N–H and O–H groups in total. The molecule has 1 fully saturated rings. The van der Waals surface area contributed by atoms with Crippen molar-refractivity contribution < 1.29 is 27.1 Å². The van der Waals surface area contributed by atoms with Gasteiger partial charge in [-0.3, -0.25) is 4.98 Å². The quantitative estimate of drug-likeness (QED) is 0.226. The minimum absolute atomic E-state index is 0.0419. The molecule has 0 saturated carbocycles. The zero-order valence-electron chi connectivity index (χ0n) is 21.2. The van der Waals surface area contributed by atoms with Crippen molar-refractivity contribution in [2.24, 2.45) is 0 Å². The lowest BCUT2D eigenvalue weighted by Crippen LogP contribution is -2.55. The average molecular weight is 656 g/mol. The summed E-state index contributed by atoms with van der Waals surface area (Å²) >= 11 is 2.11. The number of ether oxygens (including phenoxy) is 1. The molecule has 6 nitrogen and oxygen atoms in total. The molecule has 208 valence electrons. The Morgan fingerprint density at radius 1 is 1.10 bits per heavy atom. The summed E-state index contributed by atoms with van der Waals surface area (Å²) in [6.07, 6.45) is -5.28. The van der Waals surface area contributed by atoms with Gasteiger partial charge < -0.3 is 20.3 Å². The predicted octanol–water partition coefficient (Wildman–Crippen LogP) is 5.80. The molecule has 0 radical (unpaired) electrons. The van der Waals surface area contributed by atoms with E-state index in [1.807, 2.05) is 43.4 Å². The van der Waals surface area contributed by atoms with Crippen LogP contribution in [0.3, 0.4) is 0 Å². The fraction of sp³-hybridized carbons (Fsp3) is 0.357. The number of aromatic nitrogens is 1. The van der Waals surface area contributed by atoms with Crippen LogP contribution in [0.25, 0.3) is 0 Å². The van der Waals surface area contributed by atoms with Gasteiger partial charge in [0.25, 0.3) is 0 Å². The van der Waals surface area contributed by atoms with Crippen LogP contribution in [0.1, 0.15) is 29.7 Å². The van der Waals surface area contributed by atoms with E-state index in [-0.39, 0.29) is 12.5 Å². The molecule has 39 heavy (non-hydrogen) atoms. The Morgan fingerprint density at radius 2 is 1.82 bits per heavy atom. The smallest absolute Gasteiger partial charge is 0.428 e. The van der Waals surface area contributed by atoms with Gasteiger partial charge in [0.1, 0.15) is 11.3 Å². The number of hydrogen-bond donors (Lipinski definition) is 2. The van der Waals surface area contributed by atoms with Crippen molar-refractivity contribution in [3.8, 4) is 5.75 Å². The number of likely N-dealkylation sites (tertiary alicyclic amines) is 1. The molecule has 0 unspecified atom stereocenters. The Labute approximate surface area is 238 Å². The van der Waals surface area contributed by atoms with Gasteiger partial charge in [0, 0.05) is 22.2 Å². The van der Waals surface area contributed by atoms with Crippen molar-refractivity contribution in [1.82, 2.24) is 20.5 Å². The topological polar surface area (TPSA) is 66.5 Å². The highest BCUT2D eigenvalue weighted by atomic mass is 127. The molecule has 1 aliphatic rings. The van der Waals surface area contributed by atoms with Crippen LogP contribution >= 0.6 is 22.6 Å². The number of urea groups is 1. The van der Waals surface area contributed by atoms with Gasteiger partial charge in [-0.15, -0.1) is 0 Å². The monoisotopic (exact) mass is 656 g/mol. The second-order valence-corrected chi connectivity index (χ2v) is 10.8. The number of piperidine rings is 1. The maximum Gasteiger partial charge on any atom is 0.461 e. The number of carbonyl (C=O) groups is 1. The molecule has 1 saturated heterocycles. The first-order valence-corrected chi connectivity index (χ1v) is 13.5. The molecule has 1 aromatic heterocycles. The summed E-state index contributed by atoms with van der Waals surface area (Å²) < 4.78 is 58.6. The predicted molar refractivity (Wildman–Crippen MR) is 148 cm³/mol. The van der Waals surface area contributed by atoms with Gasteiger partial charge in [-0.05, 0) is 91.0 Å². The Morgan fingerprint density at radius 3 is 2.46 bits per heavy atom. The second-order valence-electron chi connectivity index (χ2n) is 9.60. The van der Waals surface area contributed by atoms with Gasteiger partial charge in [-0.1, -0.05) is 42.5 Å². The molecule has 4 rings (SSSR count). The zero-order chi connectivity index (χ0) is 28.0. The minimum atomic E-state index is -4.68. The van der Waals surface area contributed by atoms with Crippen molar-refractivity contribution in [3.05, 3.63) is 93.3 Å². The summed E-state index contributed by atoms with van der Waals surface area (Å²) in [5.74, 6) is -0.460. The molecule has 0 spiro atoms. The van der Waals surface area contributed by atoms with Crippen molar-refractivity contribution >= 4 is 28.6 Å². The standard InChI is InChI=1S/C28H29F4IN4O2/c1-37-14-12-22(13-15-37)35-26(38)36-27(17-19-6-3-2-4-7-19,24-11-10-21(33)18-34-24)20-8-5-9-23(16-20)39-28(31,32)25(29)30/h2-11,16,18,22,25H,12-15,17H2,1H3,(H2,35,36,38)/t27-/m0/s1. The summed E-state index contributed by atoms with van der Waals surface area (Å²) in [4.78, 5) is 20.3. The first kappa shape index (κ1) is 29.1. The Balaban J connectivity index is 1.78. The highest BCUT2D eigenvalue weighted by Crippen LogP contribution is 2.36. The van der Waals surface area contributed by atoms with E-state index in [9.17, 15) is 22.4 Å². The molecule has 2 heterocycles. The van der Waals surface area contributed by atoms with Gasteiger partial charge in [0.05, 0.1) is 5.69 Å². The third-order valence-corrected chi connectivity index (χ3v) is 7.33. The lowest BCUT2D eigenvalue weighted by Gasteiger charge is -2.37. The third kappa shape index (κ3) is 7.38. The summed E-state index contributed by atoms with van der Waals surface area (Å²) in [5.41, 5.74) is 0.284. The normalized spacial score (nSPS) is 16.5. The fourth-order valence-corrected chi connectivity index (χ4v) is 4.97. The van der Waals surface area contributed by atoms with Gasteiger partial charge >= 0.3 is 18.6 Å². The number of halogens is 5. The van der Waals surface area contributed by atoms with Crippen LogP contribution in [0.5, 0.6) is 5.75 Å². The van der Waals surface area contributed by atoms with E-state index >= 15 is 0 Å². The van der Waals surface area contributed by atoms with E-state index in [1.165, 1.54) is 18.2 Å². The maximum absolute atomic E-state index is 13.8. The van der Waals surface area contributed by atoms with Crippen LogP contribution < -0.4 is 15.4 Å². The lowest BCUT2D eigenvalue weighted by atomic mass is 9.80. The number of carbonyl (C=O) groups excluding carboxylic acids is 1. The molecule has 2 amide bonds. The number of nitrogens with one attached hydrogen (secondary N) is 2. The largest absolute Gasteiger partial charge is 0.461 e. The summed E-state index contributed by atoms with van der Waals surface area (Å²) in [5, 5.41) is 6.13. The third-order valence-electron chi connectivity index (χ3n) is 6.69. The molecule has 1 atom stereocenters. The number of rotatable bonds is 9. The number of alkyl halides is 4. The Bertz CT molecular complexity index is 1240. The molecule has 3 aromatic rings. The molecular weight excluding hydrogens is 627 g/mol. The highest BCUT2D eigenvalue weighted by Gasteiger charge is 2.45. The molecule has 2 aromatic carbocycles.